The zero-order chi connectivity index (χ0) is 9.97. The van der Waals surface area contributed by atoms with E-state index in [1.165, 1.54) is 0 Å². The first-order valence-electron chi connectivity index (χ1n) is 4.49. The average Bonchev–Trinajstić information content (AvgIpc) is 2.18. The summed E-state index contributed by atoms with van der Waals surface area (Å²) in [4.78, 5) is 9.68. The third kappa shape index (κ3) is 1.46. The van der Waals surface area contributed by atoms with Gasteiger partial charge in [-0.3, -0.25) is 4.79 Å². The van der Waals surface area contributed by atoms with Gasteiger partial charge in [0, 0.05) is 0 Å². The quantitative estimate of drug-likeness (QED) is 0.631. The topological polar surface area (TPSA) is 34.5 Å². The summed E-state index contributed by atoms with van der Waals surface area (Å²) in [5, 5.41) is 0.737. The van der Waals surface area contributed by atoms with Gasteiger partial charge >= 0.3 is 5.43 Å². The van der Waals surface area contributed by atoms with Gasteiger partial charge < -0.3 is 4.42 Å². The van der Waals surface area contributed by atoms with E-state index in [9.17, 15) is 4.79 Å². The Morgan fingerprint density at radius 1 is 1.29 bits per heavy atom. The van der Waals surface area contributed by atoms with Gasteiger partial charge in [0.1, 0.15) is 16.7 Å². The number of para-hydroxylation sites is 1. The van der Waals surface area contributed by atoms with Crippen molar-refractivity contribution in [2.24, 2.45) is 0 Å². The molecule has 0 radical (unpaired) electrons. The van der Waals surface area contributed by atoms with Crippen LogP contribution in [0.25, 0.3) is 17.0 Å². The summed E-state index contributed by atoms with van der Waals surface area (Å²) in [6.07, 6.45) is 3.68. The van der Waals surface area contributed by atoms with Crippen LogP contribution >= 0.6 is 0 Å². The monoisotopic (exact) mass is 187 g/mol. The van der Waals surface area contributed by atoms with Gasteiger partial charge in [0.2, 0.25) is 0 Å². The Morgan fingerprint density at radius 3 is 2.86 bits per heavy atom. The molecule has 0 aliphatic rings. The summed E-state index contributed by atoms with van der Waals surface area (Å²) < 4.78 is 5.54. The second-order valence-corrected chi connectivity index (χ2v) is 3.03. The second kappa shape index (κ2) is 3.50. The largest absolute Gasteiger partial charge is 0.456 e. The van der Waals surface area contributed by atoms with E-state index >= 15 is 0 Å². The van der Waals surface area contributed by atoms with Crippen LogP contribution in [-0.2, 0) is 0 Å². The minimum absolute atomic E-state index is 0.250. The van der Waals surface area contributed by atoms with E-state index in [0.717, 1.165) is 5.39 Å². The van der Waals surface area contributed by atoms with Crippen molar-refractivity contribution in [3.63, 3.8) is 0 Å². The summed E-state index contributed by atoms with van der Waals surface area (Å²) in [6.45, 7) is 1.90. The Balaban J connectivity index is 2.79. The van der Waals surface area contributed by atoms with Crippen LogP contribution in [0, 0.1) is 0 Å². The van der Waals surface area contributed by atoms with Crippen molar-refractivity contribution in [1.82, 2.24) is 0 Å². The Bertz CT molecular complexity index is 535. The van der Waals surface area contributed by atoms with Gasteiger partial charge in [-0.2, -0.15) is 0 Å². The summed E-state index contributed by atoms with van der Waals surface area (Å²) in [5.74, 6) is 0.656. The smallest absolute Gasteiger partial charge is 0.354 e. The van der Waals surface area contributed by atoms with E-state index in [2.05, 4.69) is 0 Å². The van der Waals surface area contributed by atoms with Crippen molar-refractivity contribution in [1.29, 1.82) is 0 Å². The molecule has 0 spiro atoms. The van der Waals surface area contributed by atoms with Gasteiger partial charge in [0.15, 0.2) is 0 Å². The van der Waals surface area contributed by atoms with E-state index in [0.29, 0.717) is 11.3 Å². The molecule has 1 aromatic carbocycles. The standard InChI is InChI=1S/C12H10O2/c1-2-5-9-8-11(13)10-6-3-4-7-12(10)14-9/h2-8H,1H3/p+1/b5-2+. The molecule has 0 unspecified atom stereocenters. The SMILES string of the molecule is C/C=C/c1cc(=[OH+])c2ccccc2o1. The first-order valence-corrected chi connectivity index (χ1v) is 4.49. The van der Waals surface area contributed by atoms with Gasteiger partial charge in [0.05, 0.1) is 6.07 Å². The molecule has 0 amide bonds. The van der Waals surface area contributed by atoms with E-state index in [1.807, 2.05) is 43.3 Å². The van der Waals surface area contributed by atoms with Crippen LogP contribution in [0.2, 0.25) is 0 Å². The lowest BCUT2D eigenvalue weighted by Crippen LogP contribution is -2.02. The van der Waals surface area contributed by atoms with Gasteiger partial charge in [-0.1, -0.05) is 18.2 Å². The van der Waals surface area contributed by atoms with Crippen LogP contribution < -0.4 is 5.43 Å². The molecule has 2 heteroatoms. The van der Waals surface area contributed by atoms with Crippen LogP contribution in [0.5, 0.6) is 0 Å². The molecule has 1 N–H and O–H groups in total. The Kier molecular flexibility index (Phi) is 2.19. The number of hydrogen-bond donors (Lipinski definition) is 0. The fraction of sp³-hybridized carbons (Fsp3) is 0.0833. The van der Waals surface area contributed by atoms with E-state index < -0.39 is 0 Å². The lowest BCUT2D eigenvalue weighted by Gasteiger charge is -1.94. The molecule has 2 aromatic rings. The third-order valence-electron chi connectivity index (χ3n) is 2.00. The fourth-order valence-corrected chi connectivity index (χ4v) is 1.38. The third-order valence-corrected chi connectivity index (χ3v) is 2.00. The summed E-state index contributed by atoms with van der Waals surface area (Å²) in [7, 11) is 0. The molecular weight excluding hydrogens is 176 g/mol. The zero-order valence-electron chi connectivity index (χ0n) is 7.90. The number of benzene rings is 1. The molecular formula is C12H11O2+. The highest BCUT2D eigenvalue weighted by molar-refractivity contribution is 5.76. The molecule has 0 fully saturated rings. The maximum Gasteiger partial charge on any atom is 0.354 e. The highest BCUT2D eigenvalue weighted by atomic mass is 16.3. The van der Waals surface area contributed by atoms with Crippen LogP contribution in [0.1, 0.15) is 12.7 Å². The zero-order valence-corrected chi connectivity index (χ0v) is 7.90. The fourth-order valence-electron chi connectivity index (χ4n) is 1.38. The lowest BCUT2D eigenvalue weighted by molar-refractivity contribution is 0.552. The molecule has 2 rings (SSSR count). The molecule has 0 saturated carbocycles. The molecule has 1 aromatic heterocycles. The van der Waals surface area contributed by atoms with Crippen molar-refractivity contribution in [3.05, 3.63) is 47.6 Å². The number of hydrogen-bond acceptors (Lipinski definition) is 1. The summed E-state index contributed by atoms with van der Waals surface area (Å²) in [6, 6.07) is 9.02. The van der Waals surface area contributed by atoms with Crippen LogP contribution in [0.15, 0.2) is 40.8 Å². The van der Waals surface area contributed by atoms with Crippen molar-refractivity contribution < 1.29 is 9.21 Å². The Morgan fingerprint density at radius 2 is 2.07 bits per heavy atom. The highest BCUT2D eigenvalue weighted by Crippen LogP contribution is 2.11. The van der Waals surface area contributed by atoms with Crippen LogP contribution in [0.4, 0.5) is 0 Å². The second-order valence-electron chi connectivity index (χ2n) is 3.03. The lowest BCUT2D eigenvalue weighted by atomic mass is 10.2. The van der Waals surface area contributed by atoms with E-state index in [1.54, 1.807) is 6.07 Å². The molecule has 0 aliphatic heterocycles. The van der Waals surface area contributed by atoms with Crippen molar-refractivity contribution in [2.75, 3.05) is 0 Å². The van der Waals surface area contributed by atoms with Crippen molar-refractivity contribution >= 4 is 17.0 Å². The minimum Gasteiger partial charge on any atom is -0.456 e. The van der Waals surface area contributed by atoms with Gasteiger partial charge in [-0.25, -0.2) is 0 Å². The molecule has 0 bridgehead atoms. The normalized spacial score (nSPS) is 11.2. The van der Waals surface area contributed by atoms with E-state index in [-0.39, 0.29) is 5.43 Å². The van der Waals surface area contributed by atoms with Gasteiger partial charge in [-0.15, -0.1) is 0 Å². The number of rotatable bonds is 1. The first kappa shape index (κ1) is 8.75. The first-order chi connectivity index (χ1) is 6.81. The van der Waals surface area contributed by atoms with Gasteiger partial charge in [0.25, 0.3) is 0 Å². The number of allylic oxidation sites excluding steroid dienone is 1. The maximum atomic E-state index is 9.68. The van der Waals surface area contributed by atoms with Crippen molar-refractivity contribution in [3.8, 4) is 0 Å². The predicted octanol–water partition coefficient (Wildman–Crippen LogP) is 2.47. The molecule has 1 heterocycles. The van der Waals surface area contributed by atoms with Gasteiger partial charge in [-0.05, 0) is 25.1 Å². The average molecular weight is 187 g/mol. The maximum absolute atomic E-state index is 9.68. The minimum atomic E-state index is 0.250. The number of fused-ring (bicyclic) bond motifs is 1. The molecule has 70 valence electrons. The molecule has 14 heavy (non-hydrogen) atoms. The highest BCUT2D eigenvalue weighted by Gasteiger charge is 2.04. The predicted molar refractivity (Wildman–Crippen MR) is 56.0 cm³/mol. The molecule has 0 saturated heterocycles. The van der Waals surface area contributed by atoms with Crippen LogP contribution in [0.3, 0.4) is 0 Å². The Labute approximate surface area is 81.5 Å². The van der Waals surface area contributed by atoms with Crippen LogP contribution in [-0.4, -0.2) is 4.79 Å². The molecule has 0 aliphatic carbocycles. The Hall–Kier alpha value is -1.83. The molecule has 2 nitrogen and oxygen atoms in total. The summed E-state index contributed by atoms with van der Waals surface area (Å²) in [5.41, 5.74) is 0.945. The molecule has 0 atom stereocenters. The summed E-state index contributed by atoms with van der Waals surface area (Å²) >= 11 is 0. The van der Waals surface area contributed by atoms with E-state index in [4.69, 9.17) is 4.42 Å². The van der Waals surface area contributed by atoms with Crippen molar-refractivity contribution in [2.45, 2.75) is 6.92 Å².